The van der Waals surface area contributed by atoms with E-state index in [1.54, 1.807) is 0 Å². The molecule has 3 unspecified atom stereocenters. The highest BCUT2D eigenvalue weighted by Gasteiger charge is 2.32. The third kappa shape index (κ3) is 4.55. The van der Waals surface area contributed by atoms with Crippen LogP contribution in [0.3, 0.4) is 0 Å². The maximum Gasteiger partial charge on any atom is 0.0795 e. The molecule has 1 N–H and O–H groups in total. The molecule has 0 spiro atoms. The number of rotatable bonds is 7. The van der Waals surface area contributed by atoms with Gasteiger partial charge in [0.1, 0.15) is 0 Å². The van der Waals surface area contributed by atoms with Gasteiger partial charge in [0.25, 0.3) is 0 Å². The molecule has 1 heterocycles. The predicted molar refractivity (Wildman–Crippen MR) is 89.5 cm³/mol. The van der Waals surface area contributed by atoms with Crippen molar-refractivity contribution in [2.45, 2.75) is 59.1 Å². The van der Waals surface area contributed by atoms with Crippen LogP contribution in [0.4, 0.5) is 0 Å². The minimum absolute atomic E-state index is 0.311. The molecule has 1 aromatic carbocycles. The smallest absolute Gasteiger partial charge is 0.0795 e. The van der Waals surface area contributed by atoms with Crippen LogP contribution in [0.25, 0.3) is 0 Å². The molecule has 1 aliphatic rings. The lowest BCUT2D eigenvalue weighted by atomic mass is 9.90. The summed E-state index contributed by atoms with van der Waals surface area (Å²) in [6.07, 6.45) is 3.80. The average Bonchev–Trinajstić information content (AvgIpc) is 2.85. The van der Waals surface area contributed by atoms with Crippen molar-refractivity contribution in [3.63, 3.8) is 0 Å². The molecule has 21 heavy (non-hydrogen) atoms. The first kappa shape index (κ1) is 16.5. The quantitative estimate of drug-likeness (QED) is 0.805. The van der Waals surface area contributed by atoms with Crippen molar-refractivity contribution >= 4 is 0 Å². The zero-order chi connectivity index (χ0) is 15.2. The average molecular weight is 289 g/mol. The van der Waals surface area contributed by atoms with Gasteiger partial charge in [-0.25, -0.2) is 0 Å². The molecule has 0 bridgehead atoms. The minimum Gasteiger partial charge on any atom is -0.376 e. The highest BCUT2D eigenvalue weighted by molar-refractivity contribution is 5.27. The molecule has 2 heteroatoms. The van der Waals surface area contributed by atoms with E-state index in [0.717, 1.165) is 26.0 Å². The second kappa shape index (κ2) is 7.95. The van der Waals surface area contributed by atoms with E-state index in [9.17, 15) is 0 Å². The Hall–Kier alpha value is -0.860. The van der Waals surface area contributed by atoms with Gasteiger partial charge in [0.15, 0.2) is 0 Å². The normalized spacial score (nSPS) is 23.7. The molecule has 1 saturated heterocycles. The van der Waals surface area contributed by atoms with E-state index >= 15 is 0 Å². The van der Waals surface area contributed by atoms with Gasteiger partial charge < -0.3 is 10.1 Å². The van der Waals surface area contributed by atoms with E-state index in [1.807, 2.05) is 0 Å². The molecule has 0 amide bonds. The van der Waals surface area contributed by atoms with Gasteiger partial charge >= 0.3 is 0 Å². The van der Waals surface area contributed by atoms with Crippen LogP contribution in [0.15, 0.2) is 24.3 Å². The Morgan fingerprint density at radius 1 is 1.33 bits per heavy atom. The molecule has 1 aliphatic heterocycles. The largest absolute Gasteiger partial charge is 0.376 e. The summed E-state index contributed by atoms with van der Waals surface area (Å²) in [6, 6.07) is 9.41. The summed E-state index contributed by atoms with van der Waals surface area (Å²) in [6.45, 7) is 11.0. The van der Waals surface area contributed by atoms with Gasteiger partial charge in [-0.3, -0.25) is 0 Å². The number of benzene rings is 1. The molecule has 2 rings (SSSR count). The van der Waals surface area contributed by atoms with Crippen molar-refractivity contribution in [2.75, 3.05) is 13.2 Å². The van der Waals surface area contributed by atoms with Crippen molar-refractivity contribution in [2.24, 2.45) is 11.8 Å². The predicted octanol–water partition coefficient (Wildman–Crippen LogP) is 4.35. The number of nitrogens with one attached hydrogen (secondary N) is 1. The summed E-state index contributed by atoms with van der Waals surface area (Å²) >= 11 is 0. The van der Waals surface area contributed by atoms with Crippen LogP contribution >= 0.6 is 0 Å². The standard InChI is InChI=1S/C19H31NO/c1-5-10-20-18(19-15(4)9-11-21-19)17-8-6-7-16(13-17)12-14(2)3/h6-8,13-15,18-20H,5,9-12H2,1-4H3. The number of ether oxygens (including phenoxy) is 1. The lowest BCUT2D eigenvalue weighted by molar-refractivity contribution is 0.0607. The molecular formula is C19H31NO. The number of hydrogen-bond acceptors (Lipinski definition) is 2. The van der Waals surface area contributed by atoms with Crippen LogP contribution < -0.4 is 5.32 Å². The monoisotopic (exact) mass is 289 g/mol. The van der Waals surface area contributed by atoms with Crippen LogP contribution in [-0.2, 0) is 11.2 Å². The van der Waals surface area contributed by atoms with Gasteiger partial charge in [0, 0.05) is 6.61 Å². The summed E-state index contributed by atoms with van der Waals surface area (Å²) in [5, 5.41) is 3.71. The summed E-state index contributed by atoms with van der Waals surface area (Å²) in [5.41, 5.74) is 2.83. The second-order valence-corrected chi connectivity index (χ2v) is 6.88. The molecule has 3 atom stereocenters. The molecule has 118 valence electrons. The first-order valence-corrected chi connectivity index (χ1v) is 8.55. The summed E-state index contributed by atoms with van der Waals surface area (Å²) in [7, 11) is 0. The number of hydrogen-bond donors (Lipinski definition) is 1. The summed E-state index contributed by atoms with van der Waals surface area (Å²) < 4.78 is 6.04. The zero-order valence-electron chi connectivity index (χ0n) is 14.1. The molecular weight excluding hydrogens is 258 g/mol. The molecule has 0 aliphatic carbocycles. The van der Waals surface area contributed by atoms with E-state index < -0.39 is 0 Å². The summed E-state index contributed by atoms with van der Waals surface area (Å²) in [5.74, 6) is 1.33. The SMILES string of the molecule is CCCNC(c1cccc(CC(C)C)c1)C1OCCC1C. The van der Waals surface area contributed by atoms with Gasteiger partial charge in [-0.1, -0.05) is 52.0 Å². The zero-order valence-corrected chi connectivity index (χ0v) is 14.1. The van der Waals surface area contributed by atoms with Gasteiger partial charge in [-0.2, -0.15) is 0 Å². The summed E-state index contributed by atoms with van der Waals surface area (Å²) in [4.78, 5) is 0. The van der Waals surface area contributed by atoms with Crippen LogP contribution in [0.2, 0.25) is 0 Å². The Labute approximate surface area is 130 Å². The highest BCUT2D eigenvalue weighted by Crippen LogP contribution is 2.32. The van der Waals surface area contributed by atoms with Gasteiger partial charge in [0.2, 0.25) is 0 Å². The van der Waals surface area contributed by atoms with Crippen molar-refractivity contribution < 1.29 is 4.74 Å². The Kier molecular flexibility index (Phi) is 6.25. The van der Waals surface area contributed by atoms with Crippen molar-refractivity contribution in [1.82, 2.24) is 5.32 Å². The maximum absolute atomic E-state index is 6.04. The van der Waals surface area contributed by atoms with E-state index in [1.165, 1.54) is 17.5 Å². The lowest BCUT2D eigenvalue weighted by Gasteiger charge is -2.28. The molecule has 0 saturated carbocycles. The topological polar surface area (TPSA) is 21.3 Å². The molecule has 2 nitrogen and oxygen atoms in total. The first-order valence-electron chi connectivity index (χ1n) is 8.55. The Morgan fingerprint density at radius 3 is 2.76 bits per heavy atom. The highest BCUT2D eigenvalue weighted by atomic mass is 16.5. The molecule has 1 fully saturated rings. The van der Waals surface area contributed by atoms with Crippen LogP contribution in [-0.4, -0.2) is 19.3 Å². The van der Waals surface area contributed by atoms with Crippen molar-refractivity contribution in [3.05, 3.63) is 35.4 Å². The Morgan fingerprint density at radius 2 is 2.14 bits per heavy atom. The fourth-order valence-corrected chi connectivity index (χ4v) is 3.25. The van der Waals surface area contributed by atoms with Gasteiger partial charge in [-0.15, -0.1) is 0 Å². The van der Waals surface area contributed by atoms with Gasteiger partial charge in [0.05, 0.1) is 12.1 Å². The fraction of sp³-hybridized carbons (Fsp3) is 0.684. The molecule has 0 radical (unpaired) electrons. The maximum atomic E-state index is 6.04. The van der Waals surface area contributed by atoms with E-state index in [2.05, 4.69) is 57.3 Å². The second-order valence-electron chi connectivity index (χ2n) is 6.88. The van der Waals surface area contributed by atoms with Crippen molar-refractivity contribution in [1.29, 1.82) is 0 Å². The minimum atomic E-state index is 0.311. The van der Waals surface area contributed by atoms with Crippen molar-refractivity contribution in [3.8, 4) is 0 Å². The third-order valence-corrected chi connectivity index (χ3v) is 4.34. The fourth-order valence-electron chi connectivity index (χ4n) is 3.25. The van der Waals surface area contributed by atoms with Crippen LogP contribution in [0.5, 0.6) is 0 Å². The lowest BCUT2D eigenvalue weighted by Crippen LogP contribution is -2.35. The Bertz CT molecular complexity index is 429. The molecule has 0 aromatic heterocycles. The van der Waals surface area contributed by atoms with Crippen LogP contribution in [0.1, 0.15) is 57.7 Å². The van der Waals surface area contributed by atoms with E-state index in [0.29, 0.717) is 24.0 Å². The van der Waals surface area contributed by atoms with Gasteiger partial charge in [-0.05, 0) is 48.8 Å². The first-order chi connectivity index (χ1) is 10.1. The Balaban J connectivity index is 2.19. The molecule has 1 aromatic rings. The van der Waals surface area contributed by atoms with E-state index in [-0.39, 0.29) is 0 Å². The van der Waals surface area contributed by atoms with Crippen LogP contribution in [0, 0.1) is 11.8 Å². The third-order valence-electron chi connectivity index (χ3n) is 4.34. The van der Waals surface area contributed by atoms with E-state index in [4.69, 9.17) is 4.74 Å².